The number of nitrogens with zero attached hydrogens (tertiary/aromatic N) is 1. The lowest BCUT2D eigenvalue weighted by Gasteiger charge is -2.19. The Morgan fingerprint density at radius 1 is 1.47 bits per heavy atom. The van der Waals surface area contributed by atoms with Crippen molar-refractivity contribution in [1.82, 2.24) is 0 Å². The normalized spacial score (nSPS) is 20.1. The number of halogens is 1. The number of carbonyl (C=O) groups excluding carboxylic acids is 1. The smallest absolute Gasteiger partial charge is 0.227 e. The molecule has 1 atom stereocenters. The van der Waals surface area contributed by atoms with Crippen LogP contribution in [-0.4, -0.2) is 26.6 Å². The lowest BCUT2D eigenvalue weighted by Crippen LogP contribution is -2.28. The third kappa shape index (κ3) is 3.46. The molecule has 5 nitrogen and oxygen atoms in total. The van der Waals surface area contributed by atoms with Crippen molar-refractivity contribution in [3.05, 3.63) is 28.8 Å². The molecule has 7 heteroatoms. The van der Waals surface area contributed by atoms with Gasteiger partial charge in [0.2, 0.25) is 15.9 Å². The van der Waals surface area contributed by atoms with Crippen molar-refractivity contribution in [2.24, 2.45) is 11.1 Å². The molecular formula is C12H15ClN2O3S. The van der Waals surface area contributed by atoms with Crippen LogP contribution in [0.15, 0.2) is 18.2 Å². The Balaban J connectivity index is 2.23. The van der Waals surface area contributed by atoms with Crippen LogP contribution in [0.25, 0.3) is 0 Å². The summed E-state index contributed by atoms with van der Waals surface area (Å²) in [6.07, 6.45) is 0.197. The molecule has 1 unspecified atom stereocenters. The molecule has 1 saturated heterocycles. The number of hydrogen-bond donors (Lipinski definition) is 1. The molecule has 1 heterocycles. The number of aryl methyl sites for hydroxylation is 1. The van der Waals surface area contributed by atoms with E-state index in [2.05, 4.69) is 0 Å². The summed E-state index contributed by atoms with van der Waals surface area (Å²) >= 11 is 5.93. The number of carbonyl (C=O) groups is 1. The monoisotopic (exact) mass is 302 g/mol. The first-order chi connectivity index (χ1) is 8.76. The first-order valence-electron chi connectivity index (χ1n) is 5.83. The van der Waals surface area contributed by atoms with Crippen molar-refractivity contribution in [2.45, 2.75) is 13.3 Å². The number of anilines is 1. The van der Waals surface area contributed by atoms with Gasteiger partial charge in [-0.2, -0.15) is 0 Å². The number of primary sulfonamides is 1. The lowest BCUT2D eigenvalue weighted by atomic mass is 10.1. The summed E-state index contributed by atoms with van der Waals surface area (Å²) in [5.41, 5.74) is 1.66. The summed E-state index contributed by atoms with van der Waals surface area (Å²) in [4.78, 5) is 13.6. The van der Waals surface area contributed by atoms with Crippen LogP contribution in [-0.2, 0) is 14.8 Å². The minimum atomic E-state index is -3.56. The largest absolute Gasteiger partial charge is 0.312 e. The second-order valence-corrected chi connectivity index (χ2v) is 6.93. The zero-order valence-electron chi connectivity index (χ0n) is 10.5. The molecule has 0 radical (unpaired) electrons. The highest BCUT2D eigenvalue weighted by Crippen LogP contribution is 2.30. The summed E-state index contributed by atoms with van der Waals surface area (Å²) in [7, 11) is -3.56. The van der Waals surface area contributed by atoms with Crippen LogP contribution in [0.5, 0.6) is 0 Å². The molecule has 1 amide bonds. The maximum Gasteiger partial charge on any atom is 0.227 e. The van der Waals surface area contributed by atoms with Gasteiger partial charge in [-0.25, -0.2) is 13.6 Å². The number of nitrogens with two attached hydrogens (primary N) is 1. The van der Waals surface area contributed by atoms with Gasteiger partial charge < -0.3 is 4.90 Å². The Hall–Kier alpha value is -1.11. The van der Waals surface area contributed by atoms with Crippen LogP contribution >= 0.6 is 11.6 Å². The number of hydrogen-bond acceptors (Lipinski definition) is 3. The van der Waals surface area contributed by atoms with Crippen LogP contribution in [0, 0.1) is 12.8 Å². The first-order valence-corrected chi connectivity index (χ1v) is 7.92. The van der Waals surface area contributed by atoms with Crippen LogP contribution < -0.4 is 10.0 Å². The van der Waals surface area contributed by atoms with Crippen molar-refractivity contribution >= 4 is 33.2 Å². The Labute approximate surface area is 117 Å². The first kappa shape index (κ1) is 14.3. The van der Waals surface area contributed by atoms with Gasteiger partial charge in [0.15, 0.2) is 0 Å². The van der Waals surface area contributed by atoms with Gasteiger partial charge in [0, 0.05) is 29.6 Å². The van der Waals surface area contributed by atoms with Gasteiger partial charge in [-0.05, 0) is 24.6 Å². The standard InChI is InChI=1S/C12H15ClN2O3S/c1-8-2-3-10(13)5-11(8)15-6-9(4-12(15)16)7-19(14,17)18/h2-3,5,9H,4,6-7H2,1H3,(H2,14,17,18). The molecule has 1 aliphatic rings. The predicted molar refractivity (Wildman–Crippen MR) is 74.6 cm³/mol. The average molecular weight is 303 g/mol. The molecule has 2 rings (SSSR count). The molecule has 1 fully saturated rings. The molecule has 0 saturated carbocycles. The zero-order valence-corrected chi connectivity index (χ0v) is 12.0. The van der Waals surface area contributed by atoms with Crippen molar-refractivity contribution in [3.63, 3.8) is 0 Å². The Bertz CT molecular complexity index is 615. The molecule has 1 aliphatic heterocycles. The third-order valence-corrected chi connectivity index (χ3v) is 4.31. The fourth-order valence-corrected chi connectivity index (χ4v) is 3.37. The number of rotatable bonds is 3. The van der Waals surface area contributed by atoms with E-state index in [4.69, 9.17) is 16.7 Å². The molecule has 104 valence electrons. The Kier molecular flexibility index (Phi) is 3.85. The molecule has 0 bridgehead atoms. The SMILES string of the molecule is Cc1ccc(Cl)cc1N1CC(CS(N)(=O)=O)CC1=O. The van der Waals surface area contributed by atoms with Gasteiger partial charge >= 0.3 is 0 Å². The van der Waals surface area contributed by atoms with E-state index in [-0.39, 0.29) is 24.0 Å². The van der Waals surface area contributed by atoms with E-state index in [1.165, 1.54) is 0 Å². The minimum absolute atomic E-state index is 0.0981. The Morgan fingerprint density at radius 3 is 2.79 bits per heavy atom. The summed E-state index contributed by atoms with van der Waals surface area (Å²) in [5, 5.41) is 5.56. The molecule has 1 aromatic rings. The van der Waals surface area contributed by atoms with Crippen molar-refractivity contribution in [2.75, 3.05) is 17.2 Å². The maximum absolute atomic E-state index is 12.0. The summed E-state index contributed by atoms with van der Waals surface area (Å²) < 4.78 is 22.2. The molecule has 0 aromatic heterocycles. The van der Waals surface area contributed by atoms with Crippen molar-refractivity contribution in [3.8, 4) is 0 Å². The number of amides is 1. The minimum Gasteiger partial charge on any atom is -0.312 e. The van der Waals surface area contributed by atoms with Crippen LogP contribution in [0.4, 0.5) is 5.69 Å². The van der Waals surface area contributed by atoms with Crippen LogP contribution in [0.1, 0.15) is 12.0 Å². The van der Waals surface area contributed by atoms with Crippen molar-refractivity contribution in [1.29, 1.82) is 0 Å². The fraction of sp³-hybridized carbons (Fsp3) is 0.417. The lowest BCUT2D eigenvalue weighted by molar-refractivity contribution is -0.117. The highest BCUT2D eigenvalue weighted by molar-refractivity contribution is 7.89. The van der Waals surface area contributed by atoms with Gasteiger partial charge in [-0.1, -0.05) is 17.7 Å². The highest BCUT2D eigenvalue weighted by Gasteiger charge is 2.33. The van der Waals surface area contributed by atoms with Crippen LogP contribution in [0.2, 0.25) is 5.02 Å². The van der Waals surface area contributed by atoms with E-state index < -0.39 is 10.0 Å². The summed E-state index contributed by atoms with van der Waals surface area (Å²) in [5.74, 6) is -0.533. The molecule has 0 spiro atoms. The molecular weight excluding hydrogens is 288 g/mol. The van der Waals surface area contributed by atoms with E-state index in [9.17, 15) is 13.2 Å². The van der Waals surface area contributed by atoms with E-state index >= 15 is 0 Å². The van der Waals surface area contributed by atoms with E-state index in [1.807, 2.05) is 13.0 Å². The molecule has 19 heavy (non-hydrogen) atoms. The molecule has 2 N–H and O–H groups in total. The quantitative estimate of drug-likeness (QED) is 0.913. The second kappa shape index (κ2) is 5.11. The zero-order chi connectivity index (χ0) is 14.2. The Morgan fingerprint density at radius 2 is 2.16 bits per heavy atom. The van der Waals surface area contributed by atoms with Gasteiger partial charge in [-0.3, -0.25) is 4.79 Å². The van der Waals surface area contributed by atoms with Crippen LogP contribution in [0.3, 0.4) is 0 Å². The average Bonchev–Trinajstić information content (AvgIpc) is 2.60. The van der Waals surface area contributed by atoms with Gasteiger partial charge in [0.1, 0.15) is 0 Å². The highest BCUT2D eigenvalue weighted by atomic mass is 35.5. The topological polar surface area (TPSA) is 80.5 Å². The van der Waals surface area contributed by atoms with E-state index in [0.717, 1.165) is 11.3 Å². The van der Waals surface area contributed by atoms with Gasteiger partial charge in [0.25, 0.3) is 0 Å². The summed E-state index contributed by atoms with van der Waals surface area (Å²) in [6, 6.07) is 5.30. The van der Waals surface area contributed by atoms with E-state index in [0.29, 0.717) is 11.6 Å². The third-order valence-electron chi connectivity index (χ3n) is 3.14. The van der Waals surface area contributed by atoms with Gasteiger partial charge in [0.05, 0.1) is 5.75 Å². The van der Waals surface area contributed by atoms with Crippen molar-refractivity contribution < 1.29 is 13.2 Å². The van der Waals surface area contributed by atoms with Gasteiger partial charge in [-0.15, -0.1) is 0 Å². The number of sulfonamides is 1. The predicted octanol–water partition coefficient (Wildman–Crippen LogP) is 1.29. The molecule has 0 aliphatic carbocycles. The molecule has 1 aromatic carbocycles. The fourth-order valence-electron chi connectivity index (χ4n) is 2.33. The maximum atomic E-state index is 12.0. The second-order valence-electron chi connectivity index (χ2n) is 4.83. The number of benzene rings is 1. The van der Waals surface area contributed by atoms with E-state index in [1.54, 1.807) is 17.0 Å². The summed E-state index contributed by atoms with van der Waals surface area (Å²) in [6.45, 7) is 2.24.